The van der Waals surface area contributed by atoms with E-state index in [-0.39, 0.29) is 10.2 Å². The van der Waals surface area contributed by atoms with E-state index >= 15 is 0 Å². The molecule has 0 heterocycles. The molecule has 0 saturated heterocycles. The predicted molar refractivity (Wildman–Crippen MR) is 102 cm³/mol. The summed E-state index contributed by atoms with van der Waals surface area (Å²) in [4.78, 5) is 2.37. The summed E-state index contributed by atoms with van der Waals surface area (Å²) in [5.41, 5.74) is 0. The molecule has 1 aliphatic carbocycles. The Labute approximate surface area is 160 Å². The number of halogens is 3. The summed E-state index contributed by atoms with van der Waals surface area (Å²) in [7, 11) is 0. The van der Waals surface area contributed by atoms with Crippen molar-refractivity contribution in [1.29, 1.82) is 0 Å². The Kier molecular flexibility index (Phi) is 6.59. The van der Waals surface area contributed by atoms with E-state index in [0.717, 1.165) is 12.8 Å². The zero-order chi connectivity index (χ0) is 18.5. The van der Waals surface area contributed by atoms with Crippen LogP contribution in [-0.2, 0) is 4.74 Å². The van der Waals surface area contributed by atoms with Gasteiger partial charge in [0.1, 0.15) is 6.61 Å². The summed E-state index contributed by atoms with van der Waals surface area (Å²) in [5, 5.41) is 0. The van der Waals surface area contributed by atoms with E-state index in [1.165, 1.54) is 9.79 Å². The van der Waals surface area contributed by atoms with Crippen LogP contribution in [-0.4, -0.2) is 23.0 Å². The maximum atomic E-state index is 12.4. The SMILES string of the molecule is FC(F)(F)COC1CCC(Sc2ccccc2)(Sc2ccccc2)CC1. The second-order valence-electron chi connectivity index (χ2n) is 6.37. The van der Waals surface area contributed by atoms with Crippen LogP contribution in [0.5, 0.6) is 0 Å². The normalized spacial score (nSPS) is 18.0. The summed E-state index contributed by atoms with van der Waals surface area (Å²) in [5.74, 6) is 0. The molecule has 0 aromatic heterocycles. The fourth-order valence-electron chi connectivity index (χ4n) is 3.04. The Bertz CT molecular complexity index is 625. The standard InChI is InChI=1S/C20H21F3OS2/c21-20(22,23)15-24-16-11-13-19(14-12-16,25-17-7-3-1-4-8-17)26-18-9-5-2-6-10-18/h1-10,16H,11-15H2. The van der Waals surface area contributed by atoms with Gasteiger partial charge in [0.25, 0.3) is 0 Å². The molecule has 26 heavy (non-hydrogen) atoms. The molecule has 3 rings (SSSR count). The molecule has 0 aliphatic heterocycles. The summed E-state index contributed by atoms with van der Waals surface area (Å²) in [6.45, 7) is -1.15. The van der Waals surface area contributed by atoms with E-state index in [1.54, 1.807) is 0 Å². The maximum absolute atomic E-state index is 12.4. The van der Waals surface area contributed by atoms with E-state index in [0.29, 0.717) is 12.8 Å². The van der Waals surface area contributed by atoms with Crippen molar-refractivity contribution in [3.05, 3.63) is 60.7 Å². The molecule has 140 valence electrons. The molecule has 2 aromatic rings. The summed E-state index contributed by atoms with van der Waals surface area (Å²) < 4.78 is 42.2. The van der Waals surface area contributed by atoms with E-state index in [2.05, 4.69) is 24.3 Å². The first-order valence-electron chi connectivity index (χ1n) is 8.61. The molecule has 0 N–H and O–H groups in total. The van der Waals surface area contributed by atoms with Gasteiger partial charge in [0.2, 0.25) is 0 Å². The van der Waals surface area contributed by atoms with Gasteiger partial charge in [-0.15, -0.1) is 23.5 Å². The molecule has 1 fully saturated rings. The quantitative estimate of drug-likeness (QED) is 0.496. The number of ether oxygens (including phenoxy) is 1. The number of hydrogen-bond acceptors (Lipinski definition) is 3. The van der Waals surface area contributed by atoms with Crippen molar-refractivity contribution >= 4 is 23.5 Å². The van der Waals surface area contributed by atoms with Crippen LogP contribution in [0.1, 0.15) is 25.7 Å². The third-order valence-electron chi connectivity index (χ3n) is 4.27. The lowest BCUT2D eigenvalue weighted by Crippen LogP contribution is -2.33. The molecule has 2 aromatic carbocycles. The Hall–Kier alpha value is -1.11. The Balaban J connectivity index is 1.69. The van der Waals surface area contributed by atoms with E-state index in [9.17, 15) is 13.2 Å². The van der Waals surface area contributed by atoms with Crippen molar-refractivity contribution in [2.24, 2.45) is 0 Å². The molecule has 0 spiro atoms. The van der Waals surface area contributed by atoms with Gasteiger partial charge in [-0.1, -0.05) is 36.4 Å². The second kappa shape index (κ2) is 8.72. The number of alkyl halides is 3. The Morgan fingerprint density at radius 1 is 0.846 bits per heavy atom. The minimum Gasteiger partial charge on any atom is -0.369 e. The van der Waals surface area contributed by atoms with Crippen LogP contribution in [0.3, 0.4) is 0 Å². The first-order chi connectivity index (χ1) is 12.4. The van der Waals surface area contributed by atoms with Gasteiger partial charge < -0.3 is 4.74 Å². The van der Waals surface area contributed by atoms with Crippen LogP contribution in [0.15, 0.2) is 70.5 Å². The van der Waals surface area contributed by atoms with E-state index in [4.69, 9.17) is 4.74 Å². The number of thioether (sulfide) groups is 2. The average Bonchev–Trinajstić information content (AvgIpc) is 2.62. The van der Waals surface area contributed by atoms with Crippen molar-refractivity contribution < 1.29 is 17.9 Å². The zero-order valence-electron chi connectivity index (χ0n) is 14.2. The lowest BCUT2D eigenvalue weighted by molar-refractivity contribution is -0.187. The van der Waals surface area contributed by atoms with Gasteiger partial charge in [0, 0.05) is 9.79 Å². The zero-order valence-corrected chi connectivity index (χ0v) is 15.9. The summed E-state index contributed by atoms with van der Waals surface area (Å²) in [6, 6.07) is 20.4. The molecule has 0 amide bonds. The van der Waals surface area contributed by atoms with Gasteiger partial charge in [-0.05, 0) is 49.9 Å². The van der Waals surface area contributed by atoms with Gasteiger partial charge in [-0.3, -0.25) is 0 Å². The highest BCUT2D eigenvalue weighted by Crippen LogP contribution is 2.54. The van der Waals surface area contributed by atoms with Gasteiger partial charge in [-0.25, -0.2) is 0 Å². The predicted octanol–water partition coefficient (Wildman–Crippen LogP) is 6.79. The number of hydrogen-bond donors (Lipinski definition) is 0. The molecular formula is C20H21F3OS2. The second-order valence-corrected chi connectivity index (χ2v) is 9.54. The van der Waals surface area contributed by atoms with Crippen LogP contribution >= 0.6 is 23.5 Å². The average molecular weight is 399 g/mol. The van der Waals surface area contributed by atoms with Crippen molar-refractivity contribution in [2.75, 3.05) is 6.61 Å². The largest absolute Gasteiger partial charge is 0.411 e. The lowest BCUT2D eigenvalue weighted by atomic mass is 9.96. The molecule has 6 heteroatoms. The van der Waals surface area contributed by atoms with Crippen LogP contribution in [0.4, 0.5) is 13.2 Å². The van der Waals surface area contributed by atoms with E-state index in [1.807, 2.05) is 59.9 Å². The molecule has 0 radical (unpaired) electrons. The minimum absolute atomic E-state index is 0.0825. The lowest BCUT2D eigenvalue weighted by Gasteiger charge is -2.39. The number of rotatable bonds is 6. The molecule has 1 aliphatic rings. The molecule has 0 unspecified atom stereocenters. The number of benzene rings is 2. The van der Waals surface area contributed by atoms with Crippen LogP contribution < -0.4 is 0 Å². The van der Waals surface area contributed by atoms with Crippen molar-refractivity contribution in [3.63, 3.8) is 0 Å². The van der Waals surface area contributed by atoms with Gasteiger partial charge in [0.05, 0.1) is 10.2 Å². The highest BCUT2D eigenvalue weighted by Gasteiger charge is 2.39. The maximum Gasteiger partial charge on any atom is 0.411 e. The first kappa shape index (κ1) is 19.6. The van der Waals surface area contributed by atoms with Crippen molar-refractivity contribution in [1.82, 2.24) is 0 Å². The van der Waals surface area contributed by atoms with Crippen LogP contribution in [0.2, 0.25) is 0 Å². The minimum atomic E-state index is -4.26. The van der Waals surface area contributed by atoms with E-state index < -0.39 is 12.8 Å². The molecule has 1 saturated carbocycles. The molecule has 0 atom stereocenters. The van der Waals surface area contributed by atoms with Gasteiger partial charge in [0.15, 0.2) is 0 Å². The van der Waals surface area contributed by atoms with Gasteiger partial charge >= 0.3 is 6.18 Å². The van der Waals surface area contributed by atoms with Crippen LogP contribution in [0.25, 0.3) is 0 Å². The topological polar surface area (TPSA) is 9.23 Å². The molecular weight excluding hydrogens is 377 g/mol. The highest BCUT2D eigenvalue weighted by atomic mass is 32.2. The van der Waals surface area contributed by atoms with Gasteiger partial charge in [-0.2, -0.15) is 13.2 Å². The van der Waals surface area contributed by atoms with Crippen molar-refractivity contribution in [3.8, 4) is 0 Å². The molecule has 1 nitrogen and oxygen atoms in total. The van der Waals surface area contributed by atoms with Crippen molar-refractivity contribution in [2.45, 2.75) is 51.8 Å². The Morgan fingerprint density at radius 2 is 1.31 bits per heavy atom. The fraction of sp³-hybridized carbons (Fsp3) is 0.400. The smallest absolute Gasteiger partial charge is 0.369 e. The molecule has 0 bridgehead atoms. The summed E-state index contributed by atoms with van der Waals surface area (Å²) >= 11 is 3.64. The third-order valence-corrected chi connectivity index (χ3v) is 7.35. The Morgan fingerprint density at radius 3 is 1.73 bits per heavy atom. The fourth-order valence-corrected chi connectivity index (χ4v) is 6.11. The van der Waals surface area contributed by atoms with Crippen LogP contribution in [0, 0.1) is 0 Å². The third kappa shape index (κ3) is 5.96. The first-order valence-corrected chi connectivity index (χ1v) is 10.2. The summed E-state index contributed by atoms with van der Waals surface area (Å²) in [6.07, 6.45) is -1.64. The highest BCUT2D eigenvalue weighted by molar-refractivity contribution is 8.18. The monoisotopic (exact) mass is 398 g/mol.